The second-order valence-corrected chi connectivity index (χ2v) is 5.82. The van der Waals surface area contributed by atoms with Gasteiger partial charge in [0.15, 0.2) is 5.78 Å². The lowest BCUT2D eigenvalue weighted by Crippen LogP contribution is -2.41. The van der Waals surface area contributed by atoms with E-state index in [4.69, 9.17) is 4.74 Å². The number of rotatable bonds is 2. The molecule has 0 radical (unpaired) electrons. The van der Waals surface area contributed by atoms with Crippen molar-refractivity contribution in [1.29, 1.82) is 0 Å². The number of carbonyl (C=O) groups excluding carboxylic acids is 1. The van der Waals surface area contributed by atoms with Crippen LogP contribution in [0, 0.1) is 5.41 Å². The quantitative estimate of drug-likeness (QED) is 0.406. The fourth-order valence-electron chi connectivity index (χ4n) is 3.39. The molecule has 16 heavy (non-hydrogen) atoms. The van der Waals surface area contributed by atoms with Crippen molar-refractivity contribution in [1.82, 2.24) is 0 Å². The summed E-state index contributed by atoms with van der Waals surface area (Å²) < 4.78 is 6.02. The molecular weight excluding hydrogens is 200 g/mol. The summed E-state index contributed by atoms with van der Waals surface area (Å²) in [6.07, 6.45) is 7.03. The Morgan fingerprint density at radius 2 is 1.94 bits per heavy atom. The standard InChI is InChI=1S/C14H20O2/c1-10(9-11(2)15)14-12(3,4)7-6-8-13(14,5)16-14/h6,8-9H,7H2,1-5H3/b10-9-. The van der Waals surface area contributed by atoms with Gasteiger partial charge in [0.1, 0.15) is 11.2 Å². The Morgan fingerprint density at radius 1 is 1.31 bits per heavy atom. The molecule has 0 bridgehead atoms. The van der Waals surface area contributed by atoms with Gasteiger partial charge in [-0.2, -0.15) is 0 Å². The first-order chi connectivity index (χ1) is 7.25. The molecule has 88 valence electrons. The molecule has 1 aliphatic carbocycles. The number of epoxide rings is 1. The molecule has 0 saturated carbocycles. The molecule has 0 amide bonds. The smallest absolute Gasteiger partial charge is 0.152 e. The Morgan fingerprint density at radius 3 is 2.44 bits per heavy atom. The van der Waals surface area contributed by atoms with Gasteiger partial charge in [0, 0.05) is 5.41 Å². The van der Waals surface area contributed by atoms with E-state index >= 15 is 0 Å². The Balaban J connectivity index is 2.46. The van der Waals surface area contributed by atoms with Crippen molar-refractivity contribution in [2.45, 2.75) is 52.2 Å². The van der Waals surface area contributed by atoms with E-state index in [1.54, 1.807) is 13.0 Å². The van der Waals surface area contributed by atoms with Gasteiger partial charge in [0.25, 0.3) is 0 Å². The molecule has 0 spiro atoms. The van der Waals surface area contributed by atoms with Gasteiger partial charge >= 0.3 is 0 Å². The van der Waals surface area contributed by atoms with Crippen LogP contribution in [0.4, 0.5) is 0 Å². The minimum Gasteiger partial charge on any atom is -0.353 e. The summed E-state index contributed by atoms with van der Waals surface area (Å²) in [7, 11) is 0. The average molecular weight is 220 g/mol. The highest BCUT2D eigenvalue weighted by molar-refractivity contribution is 5.88. The third-order valence-electron chi connectivity index (χ3n) is 4.01. The molecule has 1 aliphatic heterocycles. The number of hydrogen-bond acceptors (Lipinski definition) is 2. The zero-order chi connectivity index (χ0) is 12.2. The van der Waals surface area contributed by atoms with E-state index in [9.17, 15) is 4.79 Å². The lowest BCUT2D eigenvalue weighted by atomic mass is 9.64. The number of allylic oxidation sites excluding steroid dienone is 2. The maximum absolute atomic E-state index is 11.2. The molecule has 2 unspecified atom stereocenters. The lowest BCUT2D eigenvalue weighted by Gasteiger charge is -2.36. The third kappa shape index (κ3) is 1.26. The van der Waals surface area contributed by atoms with Crippen molar-refractivity contribution in [3.8, 4) is 0 Å². The first kappa shape index (κ1) is 11.6. The number of ketones is 1. The predicted octanol–water partition coefficient (Wildman–Crippen LogP) is 3.04. The molecule has 0 aromatic carbocycles. The minimum atomic E-state index is -0.277. The van der Waals surface area contributed by atoms with Crippen LogP contribution in [-0.2, 0) is 9.53 Å². The highest BCUT2D eigenvalue weighted by Crippen LogP contribution is 2.66. The van der Waals surface area contributed by atoms with E-state index in [0.29, 0.717) is 0 Å². The van der Waals surface area contributed by atoms with Crippen LogP contribution in [0.15, 0.2) is 23.8 Å². The first-order valence-electron chi connectivity index (χ1n) is 5.82. The van der Waals surface area contributed by atoms with Crippen molar-refractivity contribution < 1.29 is 9.53 Å². The largest absolute Gasteiger partial charge is 0.353 e. The van der Waals surface area contributed by atoms with E-state index in [-0.39, 0.29) is 22.4 Å². The molecule has 1 saturated heterocycles. The summed E-state index contributed by atoms with van der Waals surface area (Å²) in [5, 5.41) is 0. The van der Waals surface area contributed by atoms with Crippen molar-refractivity contribution in [3.63, 3.8) is 0 Å². The van der Waals surface area contributed by atoms with Gasteiger partial charge in [-0.05, 0) is 38.8 Å². The normalized spacial score (nSPS) is 40.4. The van der Waals surface area contributed by atoms with E-state index in [2.05, 4.69) is 32.9 Å². The Labute approximate surface area is 97.4 Å². The summed E-state index contributed by atoms with van der Waals surface area (Å²) in [6.45, 7) is 10.1. The molecule has 2 heteroatoms. The summed E-state index contributed by atoms with van der Waals surface area (Å²) in [6, 6.07) is 0. The van der Waals surface area contributed by atoms with E-state index in [1.807, 2.05) is 6.92 Å². The predicted molar refractivity (Wildman–Crippen MR) is 64.2 cm³/mol. The number of ether oxygens (including phenoxy) is 1. The van der Waals surface area contributed by atoms with Crippen LogP contribution in [0.3, 0.4) is 0 Å². The third-order valence-corrected chi connectivity index (χ3v) is 4.01. The van der Waals surface area contributed by atoms with Crippen LogP contribution in [0.2, 0.25) is 0 Å². The van der Waals surface area contributed by atoms with Crippen LogP contribution >= 0.6 is 0 Å². The Bertz CT molecular complexity index is 403. The molecule has 2 aliphatic rings. The van der Waals surface area contributed by atoms with E-state index in [0.717, 1.165) is 12.0 Å². The van der Waals surface area contributed by atoms with E-state index in [1.165, 1.54) is 0 Å². The van der Waals surface area contributed by atoms with Crippen LogP contribution in [0.25, 0.3) is 0 Å². The molecule has 2 atom stereocenters. The average Bonchev–Trinajstić information content (AvgIpc) is 2.73. The van der Waals surface area contributed by atoms with Crippen molar-refractivity contribution in [3.05, 3.63) is 23.8 Å². The van der Waals surface area contributed by atoms with Gasteiger partial charge < -0.3 is 4.74 Å². The molecular formula is C14H20O2. The molecule has 2 nitrogen and oxygen atoms in total. The monoisotopic (exact) mass is 220 g/mol. The Kier molecular flexibility index (Phi) is 2.22. The van der Waals surface area contributed by atoms with Gasteiger partial charge in [-0.1, -0.05) is 26.0 Å². The van der Waals surface area contributed by atoms with Gasteiger partial charge in [0.05, 0.1) is 0 Å². The van der Waals surface area contributed by atoms with Gasteiger partial charge in [-0.15, -0.1) is 0 Å². The van der Waals surface area contributed by atoms with Crippen molar-refractivity contribution in [2.24, 2.45) is 5.41 Å². The van der Waals surface area contributed by atoms with Crippen molar-refractivity contribution in [2.75, 3.05) is 0 Å². The minimum absolute atomic E-state index is 0.0481. The summed E-state index contributed by atoms with van der Waals surface area (Å²) >= 11 is 0. The van der Waals surface area contributed by atoms with Crippen LogP contribution in [0.1, 0.15) is 41.0 Å². The summed E-state index contributed by atoms with van der Waals surface area (Å²) in [5.41, 5.74) is 0.606. The van der Waals surface area contributed by atoms with Gasteiger partial charge in [0.2, 0.25) is 0 Å². The second-order valence-electron chi connectivity index (χ2n) is 5.82. The first-order valence-corrected chi connectivity index (χ1v) is 5.82. The molecule has 0 aromatic heterocycles. The summed E-state index contributed by atoms with van der Waals surface area (Å²) in [4.78, 5) is 11.2. The number of carbonyl (C=O) groups is 1. The molecule has 1 fully saturated rings. The molecule has 2 rings (SSSR count). The maximum atomic E-state index is 11.2. The fraction of sp³-hybridized carbons (Fsp3) is 0.643. The fourth-order valence-corrected chi connectivity index (χ4v) is 3.39. The highest BCUT2D eigenvalue weighted by Gasteiger charge is 2.74. The molecule has 0 aromatic rings. The van der Waals surface area contributed by atoms with Crippen LogP contribution in [0.5, 0.6) is 0 Å². The molecule has 1 heterocycles. The number of fused-ring (bicyclic) bond motifs is 1. The topological polar surface area (TPSA) is 29.6 Å². The summed E-state index contributed by atoms with van der Waals surface area (Å²) in [5.74, 6) is 0.0927. The molecule has 0 N–H and O–H groups in total. The Hall–Kier alpha value is -0.890. The SMILES string of the molecule is CC(=O)/C=C(/C)C12OC1(C)C=CCC2(C)C. The van der Waals surface area contributed by atoms with Gasteiger partial charge in [-0.25, -0.2) is 0 Å². The van der Waals surface area contributed by atoms with Crippen LogP contribution in [-0.4, -0.2) is 17.0 Å². The van der Waals surface area contributed by atoms with E-state index < -0.39 is 0 Å². The number of hydrogen-bond donors (Lipinski definition) is 0. The zero-order valence-corrected chi connectivity index (χ0v) is 10.8. The highest BCUT2D eigenvalue weighted by atomic mass is 16.6. The maximum Gasteiger partial charge on any atom is 0.152 e. The van der Waals surface area contributed by atoms with Gasteiger partial charge in [-0.3, -0.25) is 4.79 Å². The lowest BCUT2D eigenvalue weighted by molar-refractivity contribution is -0.112. The van der Waals surface area contributed by atoms with Crippen molar-refractivity contribution >= 4 is 5.78 Å². The second kappa shape index (κ2) is 3.07. The van der Waals surface area contributed by atoms with Crippen LogP contribution < -0.4 is 0 Å². The zero-order valence-electron chi connectivity index (χ0n) is 10.8.